The molecule has 0 bridgehead atoms. The predicted molar refractivity (Wildman–Crippen MR) is 70.5 cm³/mol. The van der Waals surface area contributed by atoms with Crippen molar-refractivity contribution in [2.45, 2.75) is 18.9 Å². The van der Waals surface area contributed by atoms with E-state index in [1.54, 1.807) is 13.2 Å². The Morgan fingerprint density at radius 2 is 2.28 bits per heavy atom. The summed E-state index contributed by atoms with van der Waals surface area (Å²) in [7, 11) is 3.67. The van der Waals surface area contributed by atoms with Crippen LogP contribution in [-0.4, -0.2) is 54.2 Å². The van der Waals surface area contributed by atoms with Gasteiger partial charge in [0, 0.05) is 24.9 Å². The lowest BCUT2D eigenvalue weighted by atomic mass is 10.2. The van der Waals surface area contributed by atoms with Gasteiger partial charge < -0.3 is 15.3 Å². The number of pyridine rings is 1. The zero-order valence-electron chi connectivity index (χ0n) is 11.0. The molecule has 1 unspecified atom stereocenters. The lowest BCUT2D eigenvalue weighted by Gasteiger charge is -2.18. The number of likely N-dealkylation sites (N-methyl/N-ethyl adjacent to an activating group) is 2. The molecular formula is C13H21N3O2. The zero-order valence-corrected chi connectivity index (χ0v) is 11.0. The van der Waals surface area contributed by atoms with Crippen LogP contribution in [0.4, 0.5) is 0 Å². The summed E-state index contributed by atoms with van der Waals surface area (Å²) in [6, 6.07) is 5.41. The molecule has 0 radical (unpaired) electrons. The average molecular weight is 251 g/mol. The Morgan fingerprint density at radius 1 is 1.50 bits per heavy atom. The minimum atomic E-state index is -0.796. The highest BCUT2D eigenvalue weighted by atomic mass is 16.4. The third kappa shape index (κ3) is 5.25. The lowest BCUT2D eigenvalue weighted by Crippen LogP contribution is -2.37. The molecule has 0 saturated heterocycles. The van der Waals surface area contributed by atoms with Gasteiger partial charge in [0.2, 0.25) is 0 Å². The van der Waals surface area contributed by atoms with Gasteiger partial charge in [-0.1, -0.05) is 6.07 Å². The standard InChI is InChI=1S/C13H21N3O2/c1-14-12(13(17)18)7-10-16(2)9-6-11-5-3-4-8-15-11/h3-5,8,12,14H,6-7,9-10H2,1-2H3,(H,17,18). The molecule has 0 fully saturated rings. The monoisotopic (exact) mass is 251 g/mol. The number of carboxylic acid groups (broad SMARTS) is 1. The second kappa shape index (κ2) is 7.79. The molecule has 0 saturated carbocycles. The molecule has 1 aromatic rings. The number of nitrogens with one attached hydrogen (secondary N) is 1. The molecule has 0 amide bonds. The molecule has 0 spiro atoms. The zero-order chi connectivity index (χ0) is 13.4. The van der Waals surface area contributed by atoms with E-state index in [0.717, 1.165) is 25.2 Å². The Balaban J connectivity index is 2.25. The van der Waals surface area contributed by atoms with Crippen molar-refractivity contribution in [3.63, 3.8) is 0 Å². The summed E-state index contributed by atoms with van der Waals surface area (Å²) in [6.45, 7) is 1.64. The fourth-order valence-corrected chi connectivity index (χ4v) is 1.70. The van der Waals surface area contributed by atoms with E-state index in [-0.39, 0.29) is 0 Å². The topological polar surface area (TPSA) is 65.5 Å². The molecule has 100 valence electrons. The summed E-state index contributed by atoms with van der Waals surface area (Å²) in [6.07, 6.45) is 3.27. The first-order valence-electron chi connectivity index (χ1n) is 6.12. The van der Waals surface area contributed by atoms with Gasteiger partial charge in [-0.05, 0) is 39.2 Å². The fourth-order valence-electron chi connectivity index (χ4n) is 1.70. The minimum Gasteiger partial charge on any atom is -0.480 e. The van der Waals surface area contributed by atoms with Gasteiger partial charge in [-0.25, -0.2) is 0 Å². The first kappa shape index (κ1) is 14.6. The van der Waals surface area contributed by atoms with Gasteiger partial charge in [-0.3, -0.25) is 9.78 Å². The summed E-state index contributed by atoms with van der Waals surface area (Å²) in [5.74, 6) is -0.796. The fraction of sp³-hybridized carbons (Fsp3) is 0.538. The third-order valence-electron chi connectivity index (χ3n) is 2.92. The van der Waals surface area contributed by atoms with E-state index in [9.17, 15) is 4.79 Å². The van der Waals surface area contributed by atoms with Crippen molar-refractivity contribution in [3.8, 4) is 0 Å². The van der Waals surface area contributed by atoms with E-state index in [2.05, 4.69) is 15.2 Å². The van der Waals surface area contributed by atoms with E-state index in [1.165, 1.54) is 0 Å². The first-order valence-corrected chi connectivity index (χ1v) is 6.12. The molecule has 0 aliphatic rings. The van der Waals surface area contributed by atoms with Gasteiger partial charge >= 0.3 is 5.97 Å². The maximum absolute atomic E-state index is 10.8. The summed E-state index contributed by atoms with van der Waals surface area (Å²) in [5.41, 5.74) is 1.06. The largest absolute Gasteiger partial charge is 0.480 e. The number of nitrogens with zero attached hydrogens (tertiary/aromatic N) is 2. The van der Waals surface area contributed by atoms with Crippen LogP contribution in [0.5, 0.6) is 0 Å². The van der Waals surface area contributed by atoms with Gasteiger partial charge in [-0.2, -0.15) is 0 Å². The van der Waals surface area contributed by atoms with Crippen molar-refractivity contribution < 1.29 is 9.90 Å². The van der Waals surface area contributed by atoms with Gasteiger partial charge in [0.1, 0.15) is 6.04 Å². The quantitative estimate of drug-likeness (QED) is 0.709. The Morgan fingerprint density at radius 3 is 2.83 bits per heavy atom. The number of hydrogen-bond donors (Lipinski definition) is 2. The molecule has 5 nitrogen and oxygen atoms in total. The molecular weight excluding hydrogens is 230 g/mol. The van der Waals surface area contributed by atoms with Crippen molar-refractivity contribution in [3.05, 3.63) is 30.1 Å². The smallest absolute Gasteiger partial charge is 0.320 e. The Bertz CT molecular complexity index is 357. The molecule has 5 heteroatoms. The summed E-state index contributed by atoms with van der Waals surface area (Å²) in [5, 5.41) is 11.7. The van der Waals surface area contributed by atoms with Crippen LogP contribution in [0.2, 0.25) is 0 Å². The molecule has 1 aromatic heterocycles. The minimum absolute atomic E-state index is 0.470. The predicted octanol–water partition coefficient (Wildman–Crippen LogP) is 0.619. The molecule has 2 N–H and O–H groups in total. The normalized spacial score (nSPS) is 12.6. The van der Waals surface area contributed by atoms with Crippen LogP contribution in [0.25, 0.3) is 0 Å². The SMILES string of the molecule is CNC(CCN(C)CCc1ccccn1)C(=O)O. The highest BCUT2D eigenvalue weighted by Gasteiger charge is 2.14. The number of carbonyl (C=O) groups is 1. The summed E-state index contributed by atoms with van der Waals surface area (Å²) >= 11 is 0. The van der Waals surface area contributed by atoms with E-state index < -0.39 is 12.0 Å². The van der Waals surface area contributed by atoms with E-state index in [1.807, 2.05) is 25.2 Å². The molecule has 1 heterocycles. The molecule has 0 aliphatic carbocycles. The first-order chi connectivity index (χ1) is 8.63. The maximum atomic E-state index is 10.8. The van der Waals surface area contributed by atoms with Crippen molar-refractivity contribution in [2.75, 3.05) is 27.2 Å². The molecule has 1 rings (SSSR count). The second-order valence-corrected chi connectivity index (χ2v) is 4.34. The van der Waals surface area contributed by atoms with Crippen LogP contribution in [0.1, 0.15) is 12.1 Å². The van der Waals surface area contributed by atoms with Crippen LogP contribution in [0, 0.1) is 0 Å². The number of carboxylic acids is 1. The van der Waals surface area contributed by atoms with Gasteiger partial charge in [0.25, 0.3) is 0 Å². The maximum Gasteiger partial charge on any atom is 0.320 e. The molecule has 1 atom stereocenters. The van der Waals surface area contributed by atoms with Crippen molar-refractivity contribution in [1.29, 1.82) is 0 Å². The van der Waals surface area contributed by atoms with Crippen molar-refractivity contribution in [1.82, 2.24) is 15.2 Å². The second-order valence-electron chi connectivity index (χ2n) is 4.34. The Kier molecular flexibility index (Phi) is 6.32. The number of aromatic nitrogens is 1. The summed E-state index contributed by atoms with van der Waals surface area (Å²) < 4.78 is 0. The van der Waals surface area contributed by atoms with Crippen LogP contribution in [-0.2, 0) is 11.2 Å². The van der Waals surface area contributed by atoms with Gasteiger partial charge in [0.05, 0.1) is 0 Å². The average Bonchev–Trinajstić information content (AvgIpc) is 2.38. The lowest BCUT2D eigenvalue weighted by molar-refractivity contribution is -0.139. The Hall–Kier alpha value is -1.46. The van der Waals surface area contributed by atoms with Gasteiger partial charge in [0.15, 0.2) is 0 Å². The van der Waals surface area contributed by atoms with E-state index in [0.29, 0.717) is 6.42 Å². The molecule has 0 aromatic carbocycles. The van der Waals surface area contributed by atoms with E-state index >= 15 is 0 Å². The van der Waals surface area contributed by atoms with Crippen LogP contribution in [0.15, 0.2) is 24.4 Å². The number of aliphatic carboxylic acids is 1. The van der Waals surface area contributed by atoms with E-state index in [4.69, 9.17) is 5.11 Å². The molecule has 18 heavy (non-hydrogen) atoms. The van der Waals surface area contributed by atoms with Crippen molar-refractivity contribution >= 4 is 5.97 Å². The number of hydrogen-bond acceptors (Lipinski definition) is 4. The third-order valence-corrected chi connectivity index (χ3v) is 2.92. The van der Waals surface area contributed by atoms with Crippen molar-refractivity contribution in [2.24, 2.45) is 0 Å². The molecule has 0 aliphatic heterocycles. The van der Waals surface area contributed by atoms with Crippen LogP contribution >= 0.6 is 0 Å². The van der Waals surface area contributed by atoms with Gasteiger partial charge in [-0.15, -0.1) is 0 Å². The summed E-state index contributed by atoms with van der Waals surface area (Å²) in [4.78, 5) is 17.2. The van der Waals surface area contributed by atoms with Crippen LogP contribution < -0.4 is 5.32 Å². The van der Waals surface area contributed by atoms with Crippen LogP contribution in [0.3, 0.4) is 0 Å². The Labute approximate surface area is 108 Å². The highest BCUT2D eigenvalue weighted by Crippen LogP contribution is 1.99. The highest BCUT2D eigenvalue weighted by molar-refractivity contribution is 5.73. The number of rotatable bonds is 8.